The van der Waals surface area contributed by atoms with Gasteiger partial charge < -0.3 is 4.98 Å². The van der Waals surface area contributed by atoms with Crippen LogP contribution in [-0.4, -0.2) is 15.0 Å². The van der Waals surface area contributed by atoms with E-state index in [1.807, 2.05) is 19.9 Å². The molecule has 0 fully saturated rings. The highest BCUT2D eigenvalue weighted by Gasteiger charge is 2.11. The Balaban J connectivity index is 2.65. The molecule has 1 N–H and O–H groups in total. The molecule has 0 aliphatic carbocycles. The van der Waals surface area contributed by atoms with Gasteiger partial charge in [-0.3, -0.25) is 9.78 Å². The molecule has 0 saturated carbocycles. The van der Waals surface area contributed by atoms with Gasteiger partial charge >= 0.3 is 0 Å². The van der Waals surface area contributed by atoms with Crippen molar-refractivity contribution in [3.8, 4) is 11.5 Å². The molecular weight excluding hydrogens is 221 g/mol. The molecule has 0 bridgehead atoms. The summed E-state index contributed by atoms with van der Waals surface area (Å²) in [5.74, 6) is -0.551. The summed E-state index contributed by atoms with van der Waals surface area (Å²) in [5, 5.41) is 0. The third-order valence-corrected chi connectivity index (χ3v) is 2.47. The number of aryl methyl sites for hydroxylation is 3. The van der Waals surface area contributed by atoms with Crippen LogP contribution in [0.3, 0.4) is 0 Å². The Kier molecular flexibility index (Phi) is 2.75. The monoisotopic (exact) mass is 233 g/mol. The van der Waals surface area contributed by atoms with Crippen molar-refractivity contribution in [1.82, 2.24) is 15.0 Å². The molecule has 0 aliphatic heterocycles. The molecule has 0 unspecified atom stereocenters. The van der Waals surface area contributed by atoms with Crippen molar-refractivity contribution in [2.45, 2.75) is 20.8 Å². The van der Waals surface area contributed by atoms with Gasteiger partial charge in [-0.05, 0) is 31.9 Å². The number of hydrogen-bond acceptors (Lipinski definition) is 3. The van der Waals surface area contributed by atoms with Gasteiger partial charge in [0.25, 0.3) is 5.56 Å². The van der Waals surface area contributed by atoms with Gasteiger partial charge in [-0.15, -0.1) is 0 Å². The van der Waals surface area contributed by atoms with Crippen molar-refractivity contribution < 1.29 is 4.39 Å². The van der Waals surface area contributed by atoms with Crippen molar-refractivity contribution >= 4 is 0 Å². The second kappa shape index (κ2) is 4.08. The summed E-state index contributed by atoms with van der Waals surface area (Å²) >= 11 is 0. The zero-order valence-electron chi connectivity index (χ0n) is 9.84. The maximum Gasteiger partial charge on any atom is 0.287 e. The average Bonchev–Trinajstić information content (AvgIpc) is 2.25. The summed E-state index contributed by atoms with van der Waals surface area (Å²) in [6.07, 6.45) is 1.68. The largest absolute Gasteiger partial charge is 0.303 e. The number of aromatic nitrogens is 3. The maximum atomic E-state index is 13.2. The van der Waals surface area contributed by atoms with E-state index in [1.54, 1.807) is 6.20 Å². The molecular formula is C12H12FN3O. The first-order chi connectivity index (χ1) is 7.99. The number of nitrogens with zero attached hydrogens (tertiary/aromatic N) is 2. The summed E-state index contributed by atoms with van der Waals surface area (Å²) in [5.41, 5.74) is 1.78. The number of H-pyrrole nitrogens is 1. The first-order valence-electron chi connectivity index (χ1n) is 5.19. The normalized spacial score (nSPS) is 10.6. The van der Waals surface area contributed by atoms with Gasteiger partial charge in [0, 0.05) is 6.20 Å². The van der Waals surface area contributed by atoms with Crippen molar-refractivity contribution in [2.75, 3.05) is 0 Å². The molecule has 88 valence electrons. The fourth-order valence-electron chi connectivity index (χ4n) is 1.65. The van der Waals surface area contributed by atoms with Gasteiger partial charge in [0.2, 0.25) is 5.82 Å². The van der Waals surface area contributed by atoms with Crippen molar-refractivity contribution in [3.63, 3.8) is 0 Å². The summed E-state index contributed by atoms with van der Waals surface area (Å²) in [6.45, 7) is 5.25. The van der Waals surface area contributed by atoms with Gasteiger partial charge in [0.05, 0.1) is 5.69 Å². The third kappa shape index (κ3) is 2.08. The zero-order valence-corrected chi connectivity index (χ0v) is 9.84. The van der Waals surface area contributed by atoms with E-state index in [-0.39, 0.29) is 5.69 Å². The Morgan fingerprint density at radius 3 is 2.59 bits per heavy atom. The minimum atomic E-state index is -0.849. The lowest BCUT2D eigenvalue weighted by molar-refractivity contribution is 0.589. The molecule has 0 radical (unpaired) electrons. The van der Waals surface area contributed by atoms with Crippen LogP contribution in [0.2, 0.25) is 0 Å². The second-order valence-electron chi connectivity index (χ2n) is 3.99. The molecule has 5 heteroatoms. The van der Waals surface area contributed by atoms with Crippen LogP contribution in [0.5, 0.6) is 0 Å². The number of pyridine rings is 1. The lowest BCUT2D eigenvalue weighted by Crippen LogP contribution is -2.16. The Morgan fingerprint density at radius 2 is 2.00 bits per heavy atom. The third-order valence-electron chi connectivity index (χ3n) is 2.47. The lowest BCUT2D eigenvalue weighted by Gasteiger charge is -2.05. The van der Waals surface area contributed by atoms with E-state index in [0.29, 0.717) is 11.5 Å². The van der Waals surface area contributed by atoms with Crippen LogP contribution in [0.1, 0.15) is 16.8 Å². The molecule has 17 heavy (non-hydrogen) atoms. The van der Waals surface area contributed by atoms with Gasteiger partial charge in [0.1, 0.15) is 5.69 Å². The number of aromatic amines is 1. The molecule has 2 aromatic heterocycles. The number of rotatable bonds is 1. The molecule has 2 rings (SSSR count). The van der Waals surface area contributed by atoms with Crippen LogP contribution in [0.25, 0.3) is 11.5 Å². The number of hydrogen-bond donors (Lipinski definition) is 1. The Morgan fingerprint density at radius 1 is 1.29 bits per heavy atom. The van der Waals surface area contributed by atoms with Crippen molar-refractivity contribution in [2.24, 2.45) is 0 Å². The van der Waals surface area contributed by atoms with Crippen LogP contribution >= 0.6 is 0 Å². The lowest BCUT2D eigenvalue weighted by atomic mass is 10.1. The predicted octanol–water partition coefficient (Wildman–Crippen LogP) is 1.90. The van der Waals surface area contributed by atoms with Gasteiger partial charge in [0.15, 0.2) is 5.82 Å². The minimum absolute atomic E-state index is 0.0746. The zero-order chi connectivity index (χ0) is 12.6. The van der Waals surface area contributed by atoms with E-state index in [1.165, 1.54) is 6.92 Å². The Hall–Kier alpha value is -2.04. The first-order valence-corrected chi connectivity index (χ1v) is 5.19. The highest BCUT2D eigenvalue weighted by Crippen LogP contribution is 2.17. The Bertz CT molecular complexity index is 634. The standard InChI is InChI=1S/C12H12FN3O/c1-6-4-7(2)10(14-5-6)11-15-8(3)9(13)12(17)16-11/h4-5H,1-3H3,(H,15,16,17). The van der Waals surface area contributed by atoms with Crippen LogP contribution in [-0.2, 0) is 0 Å². The molecule has 4 nitrogen and oxygen atoms in total. The first kappa shape index (κ1) is 11.4. The fourth-order valence-corrected chi connectivity index (χ4v) is 1.65. The highest BCUT2D eigenvalue weighted by atomic mass is 19.1. The van der Waals surface area contributed by atoms with Crippen LogP contribution < -0.4 is 5.56 Å². The second-order valence-corrected chi connectivity index (χ2v) is 3.99. The molecule has 0 atom stereocenters. The summed E-state index contributed by atoms with van der Waals surface area (Å²) in [4.78, 5) is 21.9. The molecule has 2 aromatic rings. The van der Waals surface area contributed by atoms with Gasteiger partial charge in [-0.1, -0.05) is 6.07 Å². The van der Waals surface area contributed by atoms with Crippen molar-refractivity contribution in [3.05, 3.63) is 45.3 Å². The van der Waals surface area contributed by atoms with Crippen LogP contribution in [0.15, 0.2) is 17.1 Å². The summed E-state index contributed by atoms with van der Waals surface area (Å²) in [7, 11) is 0. The predicted molar refractivity (Wildman–Crippen MR) is 62.3 cm³/mol. The van der Waals surface area contributed by atoms with E-state index >= 15 is 0 Å². The van der Waals surface area contributed by atoms with E-state index in [9.17, 15) is 9.18 Å². The van der Waals surface area contributed by atoms with E-state index < -0.39 is 11.4 Å². The number of nitrogens with one attached hydrogen (secondary N) is 1. The minimum Gasteiger partial charge on any atom is -0.303 e. The fraction of sp³-hybridized carbons (Fsp3) is 0.250. The smallest absolute Gasteiger partial charge is 0.287 e. The molecule has 0 aromatic carbocycles. The molecule has 2 heterocycles. The number of halogens is 1. The maximum absolute atomic E-state index is 13.2. The molecule has 0 amide bonds. The van der Waals surface area contributed by atoms with Gasteiger partial charge in [-0.2, -0.15) is 4.39 Å². The topological polar surface area (TPSA) is 58.6 Å². The molecule has 0 spiro atoms. The van der Waals surface area contributed by atoms with Crippen molar-refractivity contribution in [1.29, 1.82) is 0 Å². The average molecular weight is 233 g/mol. The Labute approximate surface area is 97.6 Å². The SMILES string of the molecule is Cc1cnc(-c2nc(C)c(F)c(=O)[nH]2)c(C)c1. The van der Waals surface area contributed by atoms with E-state index in [2.05, 4.69) is 15.0 Å². The van der Waals surface area contributed by atoms with Gasteiger partial charge in [-0.25, -0.2) is 4.98 Å². The molecule has 0 saturated heterocycles. The summed E-state index contributed by atoms with van der Waals surface area (Å²) < 4.78 is 13.2. The van der Waals surface area contributed by atoms with Crippen LogP contribution in [0.4, 0.5) is 4.39 Å². The highest BCUT2D eigenvalue weighted by molar-refractivity contribution is 5.54. The summed E-state index contributed by atoms with van der Waals surface area (Å²) in [6, 6.07) is 1.93. The van der Waals surface area contributed by atoms with E-state index in [4.69, 9.17) is 0 Å². The quantitative estimate of drug-likeness (QED) is 0.818. The molecule has 0 aliphatic rings. The van der Waals surface area contributed by atoms with Crippen LogP contribution in [0, 0.1) is 26.6 Å². The van der Waals surface area contributed by atoms with E-state index in [0.717, 1.165) is 11.1 Å².